The number of hydrogen-bond acceptors (Lipinski definition) is 5. The highest BCUT2D eigenvalue weighted by Crippen LogP contribution is 2.30. The molecule has 2 unspecified atom stereocenters. The van der Waals surface area contributed by atoms with Gasteiger partial charge in [0.15, 0.2) is 6.10 Å². The highest BCUT2D eigenvalue weighted by molar-refractivity contribution is 6.10. The van der Waals surface area contributed by atoms with Crippen LogP contribution < -0.4 is 9.64 Å². The Morgan fingerprint density at radius 2 is 1.95 bits per heavy atom. The number of aldehydes is 1. The minimum atomic E-state index is -0.764. The van der Waals surface area contributed by atoms with Crippen molar-refractivity contribution in [3.8, 4) is 5.75 Å². The maximum atomic E-state index is 11.9. The third-order valence-electron chi connectivity index (χ3n) is 2.94. The molecule has 0 aromatic heterocycles. The molecule has 1 amide bonds. The topological polar surface area (TPSA) is 65.1 Å². The molecule has 1 fully saturated rings. The van der Waals surface area contributed by atoms with Gasteiger partial charge in [0.25, 0.3) is 5.91 Å². The molecule has 0 spiro atoms. The van der Waals surface area contributed by atoms with Gasteiger partial charge >= 0.3 is 0 Å². The van der Waals surface area contributed by atoms with Crippen LogP contribution in [0.1, 0.15) is 0 Å². The highest BCUT2D eigenvalue weighted by atomic mass is 16.7. The quantitative estimate of drug-likeness (QED) is 0.428. The van der Waals surface area contributed by atoms with Crippen LogP contribution in [0.15, 0.2) is 24.3 Å². The van der Waals surface area contributed by atoms with Gasteiger partial charge in [-0.3, -0.25) is 9.69 Å². The number of carbonyl (C=O) groups is 2. The molecule has 1 saturated heterocycles. The number of ether oxygens (including phenoxy) is 3. The molecular formula is C13H15NO5. The summed E-state index contributed by atoms with van der Waals surface area (Å²) in [6.07, 6.45) is -0.0639. The monoisotopic (exact) mass is 265 g/mol. The number of nitrogens with zero attached hydrogens (tertiary/aromatic N) is 1. The van der Waals surface area contributed by atoms with Crippen LogP contribution in [0, 0.1) is 0 Å². The van der Waals surface area contributed by atoms with Crippen molar-refractivity contribution in [2.24, 2.45) is 0 Å². The van der Waals surface area contributed by atoms with Gasteiger partial charge < -0.3 is 19.0 Å². The van der Waals surface area contributed by atoms with E-state index in [9.17, 15) is 9.59 Å². The van der Waals surface area contributed by atoms with Crippen LogP contribution in [0.5, 0.6) is 5.75 Å². The van der Waals surface area contributed by atoms with Crippen molar-refractivity contribution in [2.45, 2.75) is 12.1 Å². The summed E-state index contributed by atoms with van der Waals surface area (Å²) < 4.78 is 14.9. The lowest BCUT2D eigenvalue weighted by molar-refractivity contribution is -0.156. The molecule has 0 bridgehead atoms. The van der Waals surface area contributed by atoms with Crippen molar-refractivity contribution in [1.29, 1.82) is 0 Å². The predicted molar refractivity (Wildman–Crippen MR) is 67.1 cm³/mol. The molecule has 2 rings (SSSR count). The first-order valence-corrected chi connectivity index (χ1v) is 5.76. The summed E-state index contributed by atoms with van der Waals surface area (Å²) in [5.41, 5.74) is 0.639. The molecule has 1 aromatic rings. The van der Waals surface area contributed by atoms with Crippen LogP contribution >= 0.6 is 0 Å². The zero-order valence-corrected chi connectivity index (χ0v) is 10.7. The minimum Gasteiger partial charge on any atom is -0.497 e. The van der Waals surface area contributed by atoms with Crippen LogP contribution in [0.4, 0.5) is 5.69 Å². The Bertz CT molecular complexity index is 459. The van der Waals surface area contributed by atoms with Crippen molar-refractivity contribution in [3.05, 3.63) is 24.3 Å². The first-order valence-electron chi connectivity index (χ1n) is 5.76. The molecule has 1 aliphatic rings. The van der Waals surface area contributed by atoms with Gasteiger partial charge in [0, 0.05) is 12.8 Å². The van der Waals surface area contributed by atoms with E-state index in [0.717, 1.165) is 0 Å². The summed E-state index contributed by atoms with van der Waals surface area (Å²) >= 11 is 0. The van der Waals surface area contributed by atoms with E-state index < -0.39 is 12.1 Å². The molecule has 6 heteroatoms. The third kappa shape index (κ3) is 2.45. The summed E-state index contributed by atoms with van der Waals surface area (Å²) in [6.45, 7) is -0.0167. The Hall–Kier alpha value is -1.92. The first-order chi connectivity index (χ1) is 9.22. The Labute approximate surface area is 110 Å². The molecule has 0 aliphatic carbocycles. The largest absolute Gasteiger partial charge is 0.497 e. The smallest absolute Gasteiger partial charge is 0.259 e. The number of carbonyl (C=O) groups excluding carboxylic acids is 2. The molecule has 2 atom stereocenters. The number of rotatable bonds is 6. The van der Waals surface area contributed by atoms with E-state index in [1.165, 1.54) is 12.0 Å². The normalized spacial score (nSPS) is 22.0. The summed E-state index contributed by atoms with van der Waals surface area (Å²) in [6, 6.07) is 6.29. The maximum Gasteiger partial charge on any atom is 0.259 e. The zero-order valence-electron chi connectivity index (χ0n) is 10.7. The summed E-state index contributed by atoms with van der Waals surface area (Å²) in [5.74, 6) is 0.436. The Morgan fingerprint density at radius 3 is 2.47 bits per heavy atom. The van der Waals surface area contributed by atoms with E-state index in [1.54, 1.807) is 31.4 Å². The lowest BCUT2D eigenvalue weighted by Gasteiger charge is -2.43. The molecule has 0 radical (unpaired) electrons. The van der Waals surface area contributed by atoms with Gasteiger partial charge in [-0.15, -0.1) is 0 Å². The summed E-state index contributed by atoms with van der Waals surface area (Å²) in [7, 11) is 3.02. The fraction of sp³-hybridized carbons (Fsp3) is 0.385. The number of methoxy groups -OCH3 is 2. The van der Waals surface area contributed by atoms with E-state index in [4.69, 9.17) is 14.2 Å². The summed E-state index contributed by atoms with van der Waals surface area (Å²) in [5, 5.41) is 0. The highest BCUT2D eigenvalue weighted by Gasteiger charge is 2.49. The van der Waals surface area contributed by atoms with Crippen molar-refractivity contribution in [3.63, 3.8) is 0 Å². The Morgan fingerprint density at radius 1 is 1.26 bits per heavy atom. The van der Waals surface area contributed by atoms with Crippen molar-refractivity contribution in [2.75, 3.05) is 25.9 Å². The second kappa shape index (κ2) is 5.81. The molecule has 19 heavy (non-hydrogen) atoms. The molecule has 0 N–H and O–H groups in total. The van der Waals surface area contributed by atoms with Gasteiger partial charge in [0.2, 0.25) is 0 Å². The van der Waals surface area contributed by atoms with Crippen molar-refractivity contribution in [1.82, 2.24) is 0 Å². The lowest BCUT2D eigenvalue weighted by atomic mass is 9.98. The van der Waals surface area contributed by atoms with Gasteiger partial charge in [-0.05, 0) is 24.3 Å². The van der Waals surface area contributed by atoms with E-state index >= 15 is 0 Å². The molecular weight excluding hydrogens is 250 g/mol. The van der Waals surface area contributed by atoms with E-state index in [1.807, 2.05) is 0 Å². The van der Waals surface area contributed by atoms with Gasteiger partial charge in [-0.1, -0.05) is 0 Å². The zero-order chi connectivity index (χ0) is 13.8. The van der Waals surface area contributed by atoms with Crippen LogP contribution in [0.3, 0.4) is 0 Å². The average molecular weight is 265 g/mol. The third-order valence-corrected chi connectivity index (χ3v) is 2.94. The summed E-state index contributed by atoms with van der Waals surface area (Å²) in [4.78, 5) is 24.4. The SMILES string of the molecule is COCOC1C(=O)N(c2ccc(OC)cc2)C1C=O. The first kappa shape index (κ1) is 13.5. The van der Waals surface area contributed by atoms with Gasteiger partial charge in [0.05, 0.1) is 7.11 Å². The molecule has 0 saturated carbocycles. The number of amides is 1. The fourth-order valence-electron chi connectivity index (χ4n) is 1.97. The lowest BCUT2D eigenvalue weighted by Crippen LogP contribution is -2.67. The Kier molecular flexibility index (Phi) is 4.13. The second-order valence-electron chi connectivity index (χ2n) is 4.03. The van der Waals surface area contributed by atoms with Crippen LogP contribution in [-0.4, -0.2) is 45.4 Å². The van der Waals surface area contributed by atoms with Gasteiger partial charge in [-0.25, -0.2) is 0 Å². The van der Waals surface area contributed by atoms with E-state index in [0.29, 0.717) is 17.7 Å². The van der Waals surface area contributed by atoms with Crippen LogP contribution in [0.2, 0.25) is 0 Å². The van der Waals surface area contributed by atoms with E-state index in [-0.39, 0.29) is 12.7 Å². The fourth-order valence-corrected chi connectivity index (χ4v) is 1.97. The molecule has 6 nitrogen and oxygen atoms in total. The molecule has 102 valence electrons. The average Bonchev–Trinajstić information content (AvgIpc) is 2.45. The van der Waals surface area contributed by atoms with Crippen molar-refractivity contribution < 1.29 is 23.8 Å². The Balaban J connectivity index is 2.11. The second-order valence-corrected chi connectivity index (χ2v) is 4.03. The number of benzene rings is 1. The molecule has 1 aromatic carbocycles. The minimum absolute atomic E-state index is 0.0167. The standard InChI is InChI=1S/C13H15NO5/c1-17-8-19-12-11(7-15)14(13(12)16)9-3-5-10(18-2)6-4-9/h3-7,11-12H,8H2,1-2H3. The van der Waals surface area contributed by atoms with Gasteiger partial charge in [-0.2, -0.15) is 0 Å². The van der Waals surface area contributed by atoms with Gasteiger partial charge in [0.1, 0.15) is 24.9 Å². The molecule has 1 heterocycles. The maximum absolute atomic E-state index is 11.9. The predicted octanol–water partition coefficient (Wildman–Crippen LogP) is 0.598. The number of hydrogen-bond donors (Lipinski definition) is 0. The van der Waals surface area contributed by atoms with E-state index in [2.05, 4.69) is 0 Å². The number of β-lactam (4-membered cyclic amide) rings is 1. The number of anilines is 1. The van der Waals surface area contributed by atoms with Crippen LogP contribution in [-0.2, 0) is 19.1 Å². The van der Waals surface area contributed by atoms with Crippen LogP contribution in [0.25, 0.3) is 0 Å². The van der Waals surface area contributed by atoms with Crippen molar-refractivity contribution >= 4 is 17.9 Å². The molecule has 1 aliphatic heterocycles.